The van der Waals surface area contributed by atoms with Gasteiger partial charge in [0, 0.05) is 12.2 Å². The van der Waals surface area contributed by atoms with E-state index in [1.54, 1.807) is 6.92 Å². The van der Waals surface area contributed by atoms with Crippen LogP contribution in [-0.4, -0.2) is 23.6 Å². The predicted octanol–water partition coefficient (Wildman–Crippen LogP) is 2.68. The number of carbonyl (C=O) groups is 1. The fraction of sp³-hybridized carbons (Fsp3) is 0.385. The lowest BCUT2D eigenvalue weighted by Crippen LogP contribution is -2.46. The molecule has 1 aromatic rings. The number of halogens is 2. The summed E-state index contributed by atoms with van der Waals surface area (Å²) in [6, 6.07) is 3.71. The highest BCUT2D eigenvalue weighted by atomic mass is 35.5. The highest BCUT2D eigenvalue weighted by Gasteiger charge is 2.13. The van der Waals surface area contributed by atoms with Crippen LogP contribution in [0.4, 0.5) is 10.1 Å². The Balaban J connectivity index is 2.50. The third-order valence-electron chi connectivity index (χ3n) is 2.47. The van der Waals surface area contributed by atoms with Gasteiger partial charge in [-0.2, -0.15) is 0 Å². The van der Waals surface area contributed by atoms with Gasteiger partial charge in [-0.1, -0.05) is 18.5 Å². The summed E-state index contributed by atoms with van der Waals surface area (Å²) in [5.74, 6) is -0.628. The number of amides is 1. The summed E-state index contributed by atoms with van der Waals surface area (Å²) < 4.78 is 13.0. The van der Waals surface area contributed by atoms with Crippen molar-refractivity contribution in [3.8, 4) is 0 Å². The van der Waals surface area contributed by atoms with Crippen LogP contribution in [0.3, 0.4) is 0 Å². The summed E-state index contributed by atoms with van der Waals surface area (Å²) in [5, 5.41) is 8.72. The molecule has 0 saturated heterocycles. The molecule has 1 rings (SSSR count). The van der Waals surface area contributed by atoms with Gasteiger partial charge in [0.25, 0.3) is 0 Å². The molecule has 1 aromatic carbocycles. The topological polar surface area (TPSA) is 53.2 Å². The maximum atomic E-state index is 13.0. The summed E-state index contributed by atoms with van der Waals surface area (Å²) >= 11 is 10.7. The maximum absolute atomic E-state index is 13.0. The van der Waals surface area contributed by atoms with Crippen molar-refractivity contribution in [2.45, 2.75) is 26.3 Å². The third-order valence-corrected chi connectivity index (χ3v) is 2.98. The quantitative estimate of drug-likeness (QED) is 0.731. The second-order valence-corrected chi connectivity index (χ2v) is 5.06. The summed E-state index contributed by atoms with van der Waals surface area (Å²) in [6.07, 6.45) is 0.870. The van der Waals surface area contributed by atoms with Gasteiger partial charge in [-0.3, -0.25) is 4.79 Å². The van der Waals surface area contributed by atoms with E-state index in [1.165, 1.54) is 18.2 Å². The monoisotopic (exact) mass is 317 g/mol. The van der Waals surface area contributed by atoms with E-state index in [0.717, 1.165) is 6.42 Å². The van der Waals surface area contributed by atoms with Gasteiger partial charge in [0.2, 0.25) is 5.91 Å². The number of anilines is 1. The first-order valence-electron chi connectivity index (χ1n) is 6.24. The first-order valence-corrected chi connectivity index (χ1v) is 7.03. The number of benzene rings is 1. The number of hydrogen-bond donors (Lipinski definition) is 3. The molecule has 0 aliphatic heterocycles. The molecule has 1 amide bonds. The van der Waals surface area contributed by atoms with Crippen LogP contribution in [0.25, 0.3) is 0 Å². The molecule has 0 fully saturated rings. The van der Waals surface area contributed by atoms with Gasteiger partial charge in [0.05, 0.1) is 5.02 Å². The zero-order chi connectivity index (χ0) is 15.1. The standard InChI is InChI=1S/C13H17ClFN3OS/c1-3-6-16-12(19)8(2)17-13(20)18-9-4-5-11(15)10(14)7-9/h4-5,7-8H,3,6H2,1-2H3,(H,16,19)(H2,17,18,20)/t8-/m0/s1. The van der Waals surface area contributed by atoms with Crippen molar-refractivity contribution in [1.29, 1.82) is 0 Å². The molecule has 7 heteroatoms. The highest BCUT2D eigenvalue weighted by molar-refractivity contribution is 7.80. The fourth-order valence-corrected chi connectivity index (χ4v) is 1.88. The Hall–Kier alpha value is -1.40. The molecule has 0 aliphatic carbocycles. The van der Waals surface area contributed by atoms with E-state index >= 15 is 0 Å². The third kappa shape index (κ3) is 5.30. The lowest BCUT2D eigenvalue weighted by Gasteiger charge is -2.16. The summed E-state index contributed by atoms with van der Waals surface area (Å²) in [6.45, 7) is 4.30. The van der Waals surface area contributed by atoms with E-state index in [0.29, 0.717) is 12.2 Å². The summed E-state index contributed by atoms with van der Waals surface area (Å²) in [7, 11) is 0. The molecule has 0 spiro atoms. The van der Waals surface area contributed by atoms with Gasteiger partial charge in [0.15, 0.2) is 5.11 Å². The minimum Gasteiger partial charge on any atom is -0.354 e. The lowest BCUT2D eigenvalue weighted by molar-refractivity contribution is -0.122. The van der Waals surface area contributed by atoms with E-state index in [2.05, 4.69) is 16.0 Å². The lowest BCUT2D eigenvalue weighted by atomic mass is 10.3. The normalized spacial score (nSPS) is 11.6. The Morgan fingerprint density at radius 2 is 2.20 bits per heavy atom. The van der Waals surface area contributed by atoms with Gasteiger partial charge in [-0.05, 0) is 43.8 Å². The fourth-order valence-electron chi connectivity index (χ4n) is 1.40. The van der Waals surface area contributed by atoms with Crippen LogP contribution in [0.15, 0.2) is 18.2 Å². The molecule has 110 valence electrons. The van der Waals surface area contributed by atoms with Crippen molar-refractivity contribution in [3.05, 3.63) is 29.0 Å². The van der Waals surface area contributed by atoms with Crippen molar-refractivity contribution in [2.75, 3.05) is 11.9 Å². The van der Waals surface area contributed by atoms with Crippen LogP contribution < -0.4 is 16.0 Å². The van der Waals surface area contributed by atoms with Crippen LogP contribution in [0.2, 0.25) is 5.02 Å². The van der Waals surface area contributed by atoms with Crippen molar-refractivity contribution >= 4 is 40.5 Å². The smallest absolute Gasteiger partial charge is 0.242 e. The zero-order valence-electron chi connectivity index (χ0n) is 11.3. The number of thiocarbonyl (C=S) groups is 1. The summed E-state index contributed by atoms with van der Waals surface area (Å²) in [5.41, 5.74) is 0.551. The number of nitrogens with one attached hydrogen (secondary N) is 3. The largest absolute Gasteiger partial charge is 0.354 e. The van der Waals surface area contributed by atoms with Gasteiger partial charge in [-0.15, -0.1) is 0 Å². The minimum atomic E-state index is -0.497. The molecule has 0 radical (unpaired) electrons. The molecule has 0 saturated carbocycles. The highest BCUT2D eigenvalue weighted by Crippen LogP contribution is 2.19. The Morgan fingerprint density at radius 1 is 1.50 bits per heavy atom. The molecule has 4 nitrogen and oxygen atoms in total. The average Bonchev–Trinajstić information content (AvgIpc) is 2.40. The molecule has 0 aliphatic rings. The molecule has 1 atom stereocenters. The number of carbonyl (C=O) groups excluding carboxylic acids is 1. The molecule has 0 aromatic heterocycles. The van der Waals surface area contributed by atoms with Gasteiger partial charge in [0.1, 0.15) is 11.9 Å². The molecule has 3 N–H and O–H groups in total. The molecule has 20 heavy (non-hydrogen) atoms. The van der Waals surface area contributed by atoms with E-state index in [1.807, 2.05) is 6.92 Å². The Bertz CT molecular complexity index is 499. The Morgan fingerprint density at radius 3 is 2.80 bits per heavy atom. The summed E-state index contributed by atoms with van der Waals surface area (Å²) in [4.78, 5) is 11.7. The Kier molecular flexibility index (Phi) is 6.67. The molecule has 0 bridgehead atoms. The molecule has 0 heterocycles. The van der Waals surface area contributed by atoms with E-state index in [-0.39, 0.29) is 16.0 Å². The Labute approximate surface area is 128 Å². The van der Waals surface area contributed by atoms with Crippen LogP contribution in [0, 0.1) is 5.82 Å². The number of hydrogen-bond acceptors (Lipinski definition) is 2. The molecular weight excluding hydrogens is 301 g/mol. The van der Waals surface area contributed by atoms with Crippen LogP contribution in [-0.2, 0) is 4.79 Å². The minimum absolute atomic E-state index is 0.00605. The average molecular weight is 318 g/mol. The first kappa shape index (κ1) is 16.7. The van der Waals surface area contributed by atoms with Crippen LogP contribution in [0.5, 0.6) is 0 Å². The SMILES string of the molecule is CCCNC(=O)[C@H](C)NC(=S)Nc1ccc(F)c(Cl)c1. The first-order chi connectivity index (χ1) is 9.43. The number of rotatable bonds is 5. The molecular formula is C13H17ClFN3OS. The van der Waals surface area contributed by atoms with Gasteiger partial charge < -0.3 is 16.0 Å². The van der Waals surface area contributed by atoms with Crippen molar-refractivity contribution in [1.82, 2.24) is 10.6 Å². The zero-order valence-corrected chi connectivity index (χ0v) is 12.9. The van der Waals surface area contributed by atoms with Gasteiger partial charge in [-0.25, -0.2) is 4.39 Å². The van der Waals surface area contributed by atoms with Crippen molar-refractivity contribution < 1.29 is 9.18 Å². The maximum Gasteiger partial charge on any atom is 0.242 e. The predicted molar refractivity (Wildman–Crippen MR) is 83.5 cm³/mol. The van der Waals surface area contributed by atoms with Gasteiger partial charge >= 0.3 is 0 Å². The van der Waals surface area contributed by atoms with Crippen molar-refractivity contribution in [2.24, 2.45) is 0 Å². The molecule has 0 unspecified atom stereocenters. The van der Waals surface area contributed by atoms with Crippen LogP contribution in [0.1, 0.15) is 20.3 Å². The van der Waals surface area contributed by atoms with E-state index in [9.17, 15) is 9.18 Å². The van der Waals surface area contributed by atoms with Crippen molar-refractivity contribution in [3.63, 3.8) is 0 Å². The van der Waals surface area contributed by atoms with E-state index < -0.39 is 11.9 Å². The van der Waals surface area contributed by atoms with Crippen LogP contribution >= 0.6 is 23.8 Å². The second kappa shape index (κ2) is 8.01. The van der Waals surface area contributed by atoms with E-state index in [4.69, 9.17) is 23.8 Å². The second-order valence-electron chi connectivity index (χ2n) is 4.24.